The van der Waals surface area contributed by atoms with Gasteiger partial charge in [-0.3, -0.25) is 9.59 Å². The highest BCUT2D eigenvalue weighted by Crippen LogP contribution is 2.28. The summed E-state index contributed by atoms with van der Waals surface area (Å²) in [6.45, 7) is -0.772. The minimum absolute atomic E-state index is 0.556. The van der Waals surface area contributed by atoms with Crippen LogP contribution in [-0.4, -0.2) is 74.9 Å². The topological polar surface area (TPSA) is 202 Å². The molecule has 116 valence electrons. The van der Waals surface area contributed by atoms with Gasteiger partial charge in [-0.1, -0.05) is 0 Å². The number of hydrogen-bond donors (Lipinski definition) is 7. The standard InChI is InChI=1S/C10H19N3O7/c11-3(1-5(12)15)9(18)10(19)8(13)7(17)6(16)4(2-14)20-10/h3-4,6-8,14,16-17,19H,1-2,11,13H2,(H2,12,15)/t3-,4+,6+,7-,8+,10?/m0/s1. The molecular weight excluding hydrogens is 274 g/mol. The van der Waals surface area contributed by atoms with E-state index in [2.05, 4.69) is 0 Å². The van der Waals surface area contributed by atoms with Gasteiger partial charge in [-0.25, -0.2) is 0 Å². The second-order valence-corrected chi connectivity index (χ2v) is 4.68. The van der Waals surface area contributed by atoms with E-state index in [4.69, 9.17) is 27.0 Å². The van der Waals surface area contributed by atoms with E-state index in [1.165, 1.54) is 0 Å². The maximum Gasteiger partial charge on any atom is 0.246 e. The van der Waals surface area contributed by atoms with Gasteiger partial charge in [0.05, 0.1) is 18.7 Å². The number of hydrogen-bond acceptors (Lipinski definition) is 9. The predicted molar refractivity (Wildman–Crippen MR) is 63.7 cm³/mol. The Labute approximate surface area is 114 Å². The molecule has 0 aliphatic carbocycles. The van der Waals surface area contributed by atoms with Crippen LogP contribution < -0.4 is 17.2 Å². The summed E-state index contributed by atoms with van der Waals surface area (Å²) in [7, 11) is 0. The third-order valence-corrected chi connectivity index (χ3v) is 3.17. The quantitative estimate of drug-likeness (QED) is 0.258. The third-order valence-electron chi connectivity index (χ3n) is 3.17. The second-order valence-electron chi connectivity index (χ2n) is 4.68. The predicted octanol–water partition coefficient (Wildman–Crippen LogP) is -5.11. The zero-order valence-corrected chi connectivity index (χ0v) is 10.5. The molecule has 1 aliphatic heterocycles. The van der Waals surface area contributed by atoms with Crippen molar-refractivity contribution in [3.05, 3.63) is 0 Å². The van der Waals surface area contributed by atoms with Gasteiger partial charge in [0.2, 0.25) is 17.5 Å². The van der Waals surface area contributed by atoms with Crippen molar-refractivity contribution in [3.8, 4) is 0 Å². The van der Waals surface area contributed by atoms with Gasteiger partial charge in [0.15, 0.2) is 0 Å². The molecule has 0 spiro atoms. The number of carbonyl (C=O) groups excluding carboxylic acids is 2. The number of amides is 1. The van der Waals surface area contributed by atoms with Crippen LogP contribution in [0.5, 0.6) is 0 Å². The maximum absolute atomic E-state index is 12.0. The molecule has 1 heterocycles. The van der Waals surface area contributed by atoms with Crippen molar-refractivity contribution in [3.63, 3.8) is 0 Å². The highest BCUT2D eigenvalue weighted by atomic mass is 16.7. The molecule has 20 heavy (non-hydrogen) atoms. The minimum atomic E-state index is -2.74. The summed E-state index contributed by atoms with van der Waals surface area (Å²) in [4.78, 5) is 22.7. The Morgan fingerprint density at radius 2 is 1.85 bits per heavy atom. The molecular formula is C10H19N3O7. The lowest BCUT2D eigenvalue weighted by Crippen LogP contribution is -2.73. The molecule has 1 unspecified atom stereocenters. The van der Waals surface area contributed by atoms with Gasteiger partial charge in [0.1, 0.15) is 18.3 Å². The number of rotatable bonds is 5. The third kappa shape index (κ3) is 2.96. The molecule has 10 heteroatoms. The fraction of sp³-hybridized carbons (Fsp3) is 0.800. The summed E-state index contributed by atoms with van der Waals surface area (Å²) in [5.74, 6) is -4.78. The number of primary amides is 1. The zero-order valence-electron chi connectivity index (χ0n) is 10.5. The van der Waals surface area contributed by atoms with Crippen LogP contribution in [0.3, 0.4) is 0 Å². The van der Waals surface area contributed by atoms with Crippen molar-refractivity contribution in [2.45, 2.75) is 42.6 Å². The van der Waals surface area contributed by atoms with Crippen molar-refractivity contribution in [2.24, 2.45) is 17.2 Å². The van der Waals surface area contributed by atoms with Gasteiger partial charge in [0, 0.05) is 6.42 Å². The highest BCUT2D eigenvalue weighted by Gasteiger charge is 2.56. The van der Waals surface area contributed by atoms with Crippen molar-refractivity contribution in [1.82, 2.24) is 0 Å². The maximum atomic E-state index is 12.0. The van der Waals surface area contributed by atoms with Gasteiger partial charge in [-0.05, 0) is 0 Å². The summed E-state index contributed by atoms with van der Waals surface area (Å²) in [6, 6.07) is -3.20. The molecule has 10 nitrogen and oxygen atoms in total. The van der Waals surface area contributed by atoms with Gasteiger partial charge in [-0.15, -0.1) is 0 Å². The van der Waals surface area contributed by atoms with Crippen molar-refractivity contribution < 1.29 is 34.8 Å². The van der Waals surface area contributed by atoms with E-state index in [0.717, 1.165) is 0 Å². The second kappa shape index (κ2) is 6.10. The summed E-state index contributed by atoms with van der Waals surface area (Å²) in [6.07, 6.45) is -5.30. The average molecular weight is 293 g/mol. The summed E-state index contributed by atoms with van der Waals surface area (Å²) in [5, 5.41) is 38.4. The average Bonchev–Trinajstić information content (AvgIpc) is 2.38. The number of ketones is 1. The van der Waals surface area contributed by atoms with Gasteiger partial charge >= 0.3 is 0 Å². The zero-order chi connectivity index (χ0) is 15.7. The van der Waals surface area contributed by atoms with E-state index in [-0.39, 0.29) is 0 Å². The summed E-state index contributed by atoms with van der Waals surface area (Å²) >= 11 is 0. The van der Waals surface area contributed by atoms with Crippen LogP contribution in [0.15, 0.2) is 0 Å². The Morgan fingerprint density at radius 3 is 2.30 bits per heavy atom. The van der Waals surface area contributed by atoms with Crippen molar-refractivity contribution in [1.29, 1.82) is 0 Å². The fourth-order valence-electron chi connectivity index (χ4n) is 1.99. The van der Waals surface area contributed by atoms with E-state index in [0.29, 0.717) is 0 Å². The molecule has 0 aromatic carbocycles. The van der Waals surface area contributed by atoms with E-state index in [1.807, 2.05) is 0 Å². The number of ether oxygens (including phenoxy) is 1. The SMILES string of the molecule is NC(=O)C[C@H](N)C(=O)C1(O)O[C@H](CO)[C@@H](O)[C@H](O)[C@H]1N. The monoisotopic (exact) mass is 293 g/mol. The molecule has 1 aliphatic rings. The molecule has 0 saturated carbocycles. The largest absolute Gasteiger partial charge is 0.394 e. The minimum Gasteiger partial charge on any atom is -0.394 e. The molecule has 1 fully saturated rings. The smallest absolute Gasteiger partial charge is 0.246 e. The Bertz CT molecular complexity index is 391. The van der Waals surface area contributed by atoms with E-state index >= 15 is 0 Å². The number of Topliss-reactive ketones (excluding diaryl/α,β-unsaturated/α-hetero) is 1. The van der Waals surface area contributed by atoms with Crippen molar-refractivity contribution >= 4 is 11.7 Å². The first-order valence-corrected chi connectivity index (χ1v) is 5.86. The first-order valence-electron chi connectivity index (χ1n) is 5.86. The van der Waals surface area contributed by atoms with Gasteiger partial charge < -0.3 is 42.4 Å². The molecule has 0 aromatic rings. The molecule has 0 radical (unpaired) electrons. The van der Waals surface area contributed by atoms with Crippen LogP contribution in [0, 0.1) is 0 Å². The Hall–Kier alpha value is -1.14. The van der Waals surface area contributed by atoms with Crippen molar-refractivity contribution in [2.75, 3.05) is 6.61 Å². The number of nitrogens with two attached hydrogens (primary N) is 3. The van der Waals surface area contributed by atoms with Gasteiger partial charge in [0.25, 0.3) is 0 Å². The van der Waals surface area contributed by atoms with Crippen LogP contribution in [0.2, 0.25) is 0 Å². The Kier molecular flexibility index (Phi) is 5.15. The lowest BCUT2D eigenvalue weighted by atomic mass is 9.86. The number of carbonyl (C=O) groups is 2. The molecule has 0 bridgehead atoms. The molecule has 6 atom stereocenters. The van der Waals surface area contributed by atoms with Crippen LogP contribution in [0.25, 0.3) is 0 Å². The first-order chi connectivity index (χ1) is 9.15. The summed E-state index contributed by atoms with van der Waals surface area (Å²) in [5.41, 5.74) is 15.8. The van der Waals surface area contributed by atoms with Gasteiger partial charge in [-0.2, -0.15) is 0 Å². The fourth-order valence-corrected chi connectivity index (χ4v) is 1.99. The first kappa shape index (κ1) is 16.9. The summed E-state index contributed by atoms with van der Waals surface area (Å²) < 4.78 is 4.87. The van der Waals surface area contributed by atoms with E-state index in [9.17, 15) is 24.9 Å². The molecule has 0 aromatic heterocycles. The molecule has 1 amide bonds. The Balaban J connectivity index is 2.99. The van der Waals surface area contributed by atoms with E-state index < -0.39 is 60.9 Å². The van der Waals surface area contributed by atoms with Crippen LogP contribution in [0.4, 0.5) is 0 Å². The Morgan fingerprint density at radius 1 is 1.30 bits per heavy atom. The lowest BCUT2D eigenvalue weighted by Gasteiger charge is -2.45. The number of aliphatic hydroxyl groups is 4. The normalized spacial score (nSPS) is 39.3. The lowest BCUT2D eigenvalue weighted by molar-refractivity contribution is -0.298. The molecule has 1 saturated heterocycles. The number of aliphatic hydroxyl groups excluding tert-OH is 3. The molecule has 1 rings (SSSR count). The van der Waals surface area contributed by atoms with Crippen LogP contribution in [0.1, 0.15) is 6.42 Å². The van der Waals surface area contributed by atoms with Crippen LogP contribution >= 0.6 is 0 Å². The molecule has 10 N–H and O–H groups in total. The van der Waals surface area contributed by atoms with Crippen LogP contribution in [-0.2, 0) is 14.3 Å². The van der Waals surface area contributed by atoms with E-state index in [1.54, 1.807) is 0 Å². The highest BCUT2D eigenvalue weighted by molar-refractivity contribution is 5.94.